The van der Waals surface area contributed by atoms with Crippen LogP contribution in [0.2, 0.25) is 0 Å². The minimum absolute atomic E-state index is 0.244. The van der Waals surface area contributed by atoms with Gasteiger partial charge in [-0.05, 0) is 24.1 Å². The number of aliphatic hydroxyl groups excluding tert-OH is 2. The summed E-state index contributed by atoms with van der Waals surface area (Å²) < 4.78 is 4.90. The molecule has 0 aromatic heterocycles. The van der Waals surface area contributed by atoms with E-state index in [1.807, 2.05) is 0 Å². The number of nitrogens with one attached hydrogen (secondary N) is 2. The zero-order valence-corrected chi connectivity index (χ0v) is 13.1. The molecule has 4 N–H and O–H groups in total. The summed E-state index contributed by atoms with van der Waals surface area (Å²) in [4.78, 5) is 25.3. The Morgan fingerprint density at radius 2 is 2.17 bits per heavy atom. The number of aliphatic hydroxyl groups is 2. The van der Waals surface area contributed by atoms with Crippen molar-refractivity contribution in [2.45, 2.75) is 24.6 Å². The van der Waals surface area contributed by atoms with Gasteiger partial charge in [0.2, 0.25) is 5.91 Å². The summed E-state index contributed by atoms with van der Waals surface area (Å²) in [6.45, 7) is 1.03. The minimum Gasteiger partial charge on any atom is -0.447 e. The Bertz CT molecular complexity index is 606. The van der Waals surface area contributed by atoms with Crippen molar-refractivity contribution in [1.29, 1.82) is 0 Å². The number of β-amino-alcohol motifs (C(OH)–C–C–N with tert-alkyl or cyclic N) is 1. The molecule has 24 heavy (non-hydrogen) atoms. The average Bonchev–Trinajstić information content (AvgIpc) is 3.21. The molecule has 8 nitrogen and oxygen atoms in total. The van der Waals surface area contributed by atoms with E-state index in [9.17, 15) is 19.8 Å². The highest BCUT2D eigenvalue weighted by atomic mass is 16.6. The quantitative estimate of drug-likeness (QED) is 0.578. The van der Waals surface area contributed by atoms with Gasteiger partial charge in [0, 0.05) is 12.2 Å². The molecule has 0 bridgehead atoms. The lowest BCUT2D eigenvalue weighted by molar-refractivity contribution is -0.124. The maximum absolute atomic E-state index is 12.2. The number of hydrogen-bond donors (Lipinski definition) is 4. The van der Waals surface area contributed by atoms with Gasteiger partial charge in [0.25, 0.3) is 0 Å². The molecule has 2 aliphatic heterocycles. The molecule has 2 heterocycles. The fourth-order valence-corrected chi connectivity index (χ4v) is 2.94. The molecule has 1 aromatic rings. The number of hydrogen-bond acceptors (Lipinski definition) is 6. The summed E-state index contributed by atoms with van der Waals surface area (Å²) in [5, 5.41) is 24.8. The normalized spacial score (nSPS) is 24.8. The fraction of sp³-hybridized carbons (Fsp3) is 0.500. The molecule has 8 heteroatoms. The van der Waals surface area contributed by atoms with Crippen LogP contribution in [0, 0.1) is 0 Å². The third-order valence-corrected chi connectivity index (χ3v) is 4.29. The lowest BCUT2D eigenvalue weighted by Crippen LogP contribution is -2.42. The summed E-state index contributed by atoms with van der Waals surface area (Å²) in [6, 6.07) is 6.05. The van der Waals surface area contributed by atoms with Crippen molar-refractivity contribution in [3.8, 4) is 0 Å². The van der Waals surface area contributed by atoms with Crippen molar-refractivity contribution in [3.63, 3.8) is 0 Å². The molecule has 2 aliphatic rings. The second-order valence-corrected chi connectivity index (χ2v) is 5.95. The maximum atomic E-state index is 12.2. The average molecular weight is 335 g/mol. The summed E-state index contributed by atoms with van der Waals surface area (Å²) >= 11 is 0. The van der Waals surface area contributed by atoms with Crippen molar-refractivity contribution in [1.82, 2.24) is 10.6 Å². The molecule has 130 valence electrons. The van der Waals surface area contributed by atoms with Gasteiger partial charge in [0.1, 0.15) is 6.61 Å². The van der Waals surface area contributed by atoms with Crippen molar-refractivity contribution in [3.05, 3.63) is 29.8 Å². The summed E-state index contributed by atoms with van der Waals surface area (Å²) in [7, 11) is 0. The highest BCUT2D eigenvalue weighted by Crippen LogP contribution is 2.22. The van der Waals surface area contributed by atoms with Gasteiger partial charge in [-0.25, -0.2) is 4.79 Å². The Kier molecular flexibility index (Phi) is 4.98. The van der Waals surface area contributed by atoms with Gasteiger partial charge < -0.3 is 25.6 Å². The number of amides is 2. The SMILES string of the molecule is O=C(N[C@@H](CO)c1ccc(N2CCOC2=O)cc1)[C@@H]1CC(O)CN1. The minimum atomic E-state index is -0.545. The van der Waals surface area contributed by atoms with E-state index in [2.05, 4.69) is 10.6 Å². The van der Waals surface area contributed by atoms with Crippen molar-refractivity contribution < 1.29 is 24.5 Å². The van der Waals surface area contributed by atoms with Gasteiger partial charge in [-0.3, -0.25) is 9.69 Å². The van der Waals surface area contributed by atoms with Crippen LogP contribution < -0.4 is 15.5 Å². The smallest absolute Gasteiger partial charge is 0.414 e. The number of rotatable bonds is 5. The predicted molar refractivity (Wildman–Crippen MR) is 85.5 cm³/mol. The largest absolute Gasteiger partial charge is 0.447 e. The number of carbonyl (C=O) groups is 2. The van der Waals surface area contributed by atoms with Crippen LogP contribution in [0.1, 0.15) is 18.0 Å². The molecular formula is C16H21N3O5. The molecule has 1 unspecified atom stereocenters. The van der Waals surface area contributed by atoms with Gasteiger partial charge in [0.05, 0.1) is 31.3 Å². The molecule has 2 amide bonds. The van der Waals surface area contributed by atoms with Crippen LogP contribution in [0.25, 0.3) is 0 Å². The van der Waals surface area contributed by atoms with E-state index >= 15 is 0 Å². The molecule has 0 aliphatic carbocycles. The monoisotopic (exact) mass is 335 g/mol. The van der Waals surface area contributed by atoms with E-state index < -0.39 is 18.2 Å². The van der Waals surface area contributed by atoms with Gasteiger partial charge >= 0.3 is 6.09 Å². The van der Waals surface area contributed by atoms with Crippen molar-refractivity contribution in [2.75, 3.05) is 31.2 Å². The number of ether oxygens (including phenoxy) is 1. The number of nitrogens with zero attached hydrogens (tertiary/aromatic N) is 1. The summed E-state index contributed by atoms with van der Waals surface area (Å²) in [5.74, 6) is -0.252. The van der Waals surface area contributed by atoms with E-state index in [0.29, 0.717) is 31.8 Å². The van der Waals surface area contributed by atoms with Crippen LogP contribution >= 0.6 is 0 Å². The predicted octanol–water partition coefficient (Wildman–Crippen LogP) is -0.484. The lowest BCUT2D eigenvalue weighted by atomic mass is 10.1. The molecule has 0 radical (unpaired) electrons. The first-order valence-electron chi connectivity index (χ1n) is 7.95. The van der Waals surface area contributed by atoms with Crippen molar-refractivity contribution >= 4 is 17.7 Å². The van der Waals surface area contributed by atoms with E-state index in [0.717, 1.165) is 5.56 Å². The van der Waals surface area contributed by atoms with E-state index in [-0.39, 0.29) is 18.6 Å². The molecule has 0 spiro atoms. The molecule has 3 atom stereocenters. The zero-order chi connectivity index (χ0) is 17.1. The number of anilines is 1. The standard InChI is InChI=1S/C16H21N3O5/c20-9-14(18-15(22)13-7-12(21)8-17-13)10-1-3-11(4-2-10)19-5-6-24-16(19)23/h1-4,12-14,17,20-21H,5-9H2,(H,18,22)/t12?,13-,14-/m0/s1. The molecule has 1 aromatic carbocycles. The van der Waals surface area contributed by atoms with E-state index in [1.165, 1.54) is 4.90 Å². The van der Waals surface area contributed by atoms with Gasteiger partial charge in [-0.1, -0.05) is 12.1 Å². The summed E-state index contributed by atoms with van der Waals surface area (Å²) in [6.07, 6.45) is -0.534. The fourth-order valence-electron chi connectivity index (χ4n) is 2.94. The molecular weight excluding hydrogens is 314 g/mol. The van der Waals surface area contributed by atoms with E-state index in [1.54, 1.807) is 24.3 Å². The van der Waals surface area contributed by atoms with Gasteiger partial charge in [-0.15, -0.1) is 0 Å². The molecule has 3 rings (SSSR count). The first-order chi connectivity index (χ1) is 11.6. The van der Waals surface area contributed by atoms with Gasteiger partial charge in [-0.2, -0.15) is 0 Å². The first-order valence-corrected chi connectivity index (χ1v) is 7.95. The molecule has 2 saturated heterocycles. The summed E-state index contributed by atoms with van der Waals surface area (Å²) in [5.41, 5.74) is 1.45. The molecule has 2 fully saturated rings. The topological polar surface area (TPSA) is 111 Å². The second-order valence-electron chi connectivity index (χ2n) is 5.95. The Morgan fingerprint density at radius 3 is 2.71 bits per heavy atom. The number of benzene rings is 1. The third kappa shape index (κ3) is 3.50. The highest BCUT2D eigenvalue weighted by molar-refractivity contribution is 5.89. The Hall–Kier alpha value is -2.16. The highest BCUT2D eigenvalue weighted by Gasteiger charge is 2.29. The number of carbonyl (C=O) groups excluding carboxylic acids is 2. The second kappa shape index (κ2) is 7.16. The van der Waals surface area contributed by atoms with Crippen LogP contribution in [0.4, 0.5) is 10.5 Å². The molecule has 0 saturated carbocycles. The van der Waals surface area contributed by atoms with Crippen molar-refractivity contribution in [2.24, 2.45) is 0 Å². The van der Waals surface area contributed by atoms with Crippen LogP contribution in [-0.2, 0) is 9.53 Å². The maximum Gasteiger partial charge on any atom is 0.414 e. The lowest BCUT2D eigenvalue weighted by Gasteiger charge is -2.20. The van der Waals surface area contributed by atoms with Crippen LogP contribution in [-0.4, -0.2) is 60.7 Å². The first kappa shape index (κ1) is 16.7. The number of cyclic esters (lactones) is 1. The zero-order valence-electron chi connectivity index (χ0n) is 13.1. The third-order valence-electron chi connectivity index (χ3n) is 4.29. The Labute approximate surface area is 139 Å². The van der Waals surface area contributed by atoms with Crippen LogP contribution in [0.5, 0.6) is 0 Å². The van der Waals surface area contributed by atoms with E-state index in [4.69, 9.17) is 4.74 Å². The van der Waals surface area contributed by atoms with Gasteiger partial charge in [0.15, 0.2) is 0 Å². The Morgan fingerprint density at radius 1 is 1.42 bits per heavy atom. The Balaban J connectivity index is 1.65. The van der Waals surface area contributed by atoms with Crippen LogP contribution in [0.3, 0.4) is 0 Å². The van der Waals surface area contributed by atoms with Crippen LogP contribution in [0.15, 0.2) is 24.3 Å².